The molecule has 2 aromatic heterocycles. The molecule has 0 unspecified atom stereocenters. The molecule has 30 heavy (non-hydrogen) atoms. The van der Waals surface area contributed by atoms with Gasteiger partial charge in [0.05, 0.1) is 23.3 Å². The quantitative estimate of drug-likeness (QED) is 0.705. The molecule has 1 aliphatic heterocycles. The maximum atomic E-state index is 13.7. The molecule has 3 amide bonds. The zero-order valence-corrected chi connectivity index (χ0v) is 16.8. The van der Waals surface area contributed by atoms with Crippen molar-refractivity contribution in [2.24, 2.45) is 0 Å². The van der Waals surface area contributed by atoms with Crippen LogP contribution < -0.4 is 10.2 Å². The predicted molar refractivity (Wildman–Crippen MR) is 113 cm³/mol. The van der Waals surface area contributed by atoms with Crippen molar-refractivity contribution < 1.29 is 14.0 Å². The number of hydrogen-bond acceptors (Lipinski definition) is 3. The van der Waals surface area contributed by atoms with Crippen molar-refractivity contribution in [1.29, 1.82) is 0 Å². The van der Waals surface area contributed by atoms with E-state index in [2.05, 4.69) is 9.88 Å². The molecule has 1 saturated carbocycles. The van der Waals surface area contributed by atoms with E-state index in [-0.39, 0.29) is 24.5 Å². The molecular formula is C23H24N4O3. The summed E-state index contributed by atoms with van der Waals surface area (Å²) in [5, 5.41) is 2.84. The van der Waals surface area contributed by atoms with Gasteiger partial charge in [-0.1, -0.05) is 12.1 Å². The van der Waals surface area contributed by atoms with Crippen molar-refractivity contribution in [3.8, 4) is 5.69 Å². The topological polar surface area (TPSA) is 70.7 Å². The second-order valence-electron chi connectivity index (χ2n) is 7.67. The largest absolute Gasteiger partial charge is 0.467 e. The Labute approximate surface area is 174 Å². The van der Waals surface area contributed by atoms with E-state index < -0.39 is 6.04 Å². The van der Waals surface area contributed by atoms with Crippen LogP contribution in [0.3, 0.4) is 0 Å². The molecule has 0 bridgehead atoms. The zero-order valence-electron chi connectivity index (χ0n) is 16.8. The van der Waals surface area contributed by atoms with E-state index >= 15 is 0 Å². The fourth-order valence-electron chi connectivity index (χ4n) is 4.21. The summed E-state index contributed by atoms with van der Waals surface area (Å²) in [6, 6.07) is 15.1. The predicted octanol–water partition coefficient (Wildman–Crippen LogP) is 3.70. The Kier molecular flexibility index (Phi) is 4.58. The summed E-state index contributed by atoms with van der Waals surface area (Å²) in [5.74, 6) is 0.559. The van der Waals surface area contributed by atoms with Crippen LogP contribution in [-0.4, -0.2) is 40.5 Å². The number of aromatic nitrogens is 1. The van der Waals surface area contributed by atoms with Crippen LogP contribution in [0.2, 0.25) is 0 Å². The Bertz CT molecular complexity index is 1070. The first-order valence-electron chi connectivity index (χ1n) is 10.4. The molecule has 0 spiro atoms. The van der Waals surface area contributed by atoms with Crippen LogP contribution in [0.5, 0.6) is 0 Å². The molecule has 1 aliphatic carbocycles. The standard InChI is InChI=1S/C23H24N4O3/c1-2-24-23(29)26(16-11-12-16)15-21(28)27-18-8-4-3-7-17(18)25-13-5-9-19(25)22(27)20-10-6-14-30-20/h3-10,13-14,16,22H,2,11-12,15H2,1H3,(H,24,29)/t22-/m0/s1. The summed E-state index contributed by atoms with van der Waals surface area (Å²) in [6.07, 6.45) is 5.49. The van der Waals surface area contributed by atoms with Gasteiger partial charge < -0.3 is 19.2 Å². The summed E-state index contributed by atoms with van der Waals surface area (Å²) in [7, 11) is 0. The molecular weight excluding hydrogens is 380 g/mol. The van der Waals surface area contributed by atoms with Crippen molar-refractivity contribution >= 4 is 17.6 Å². The molecule has 1 atom stereocenters. The first-order chi connectivity index (χ1) is 14.7. The highest BCUT2D eigenvalue weighted by Crippen LogP contribution is 2.42. The number of fused-ring (bicyclic) bond motifs is 3. The Morgan fingerprint density at radius 2 is 1.90 bits per heavy atom. The summed E-state index contributed by atoms with van der Waals surface area (Å²) in [6.45, 7) is 2.45. The lowest BCUT2D eigenvalue weighted by atomic mass is 10.0. The van der Waals surface area contributed by atoms with Crippen molar-refractivity contribution in [3.63, 3.8) is 0 Å². The number of nitrogens with one attached hydrogen (secondary N) is 1. The number of carbonyl (C=O) groups is 2. The zero-order chi connectivity index (χ0) is 20.7. The fourth-order valence-corrected chi connectivity index (χ4v) is 4.21. The lowest BCUT2D eigenvalue weighted by Gasteiger charge is -2.38. The van der Waals surface area contributed by atoms with Gasteiger partial charge in [-0.15, -0.1) is 0 Å². The maximum Gasteiger partial charge on any atom is 0.318 e. The molecule has 0 saturated heterocycles. The molecule has 7 nitrogen and oxygen atoms in total. The summed E-state index contributed by atoms with van der Waals surface area (Å²) in [4.78, 5) is 29.7. The van der Waals surface area contributed by atoms with Crippen molar-refractivity contribution in [2.75, 3.05) is 18.0 Å². The Morgan fingerprint density at radius 3 is 2.60 bits per heavy atom. The minimum absolute atomic E-state index is 0.0305. The van der Waals surface area contributed by atoms with Crippen molar-refractivity contribution in [1.82, 2.24) is 14.8 Å². The van der Waals surface area contributed by atoms with Crippen LogP contribution in [0.4, 0.5) is 10.5 Å². The molecule has 2 aliphatic rings. The van der Waals surface area contributed by atoms with E-state index in [0.717, 1.165) is 29.9 Å². The highest BCUT2D eigenvalue weighted by Gasteiger charge is 2.40. The number of hydrogen-bond donors (Lipinski definition) is 1. The number of nitrogens with zero attached hydrogens (tertiary/aromatic N) is 3. The van der Waals surface area contributed by atoms with E-state index in [4.69, 9.17) is 4.42 Å². The lowest BCUT2D eigenvalue weighted by Crippen LogP contribution is -2.49. The Morgan fingerprint density at radius 1 is 1.10 bits per heavy atom. The number of rotatable bonds is 5. The van der Waals surface area contributed by atoms with Crippen LogP contribution in [0, 0.1) is 0 Å². The minimum atomic E-state index is -0.396. The number of anilines is 1. The summed E-state index contributed by atoms with van der Waals surface area (Å²) >= 11 is 0. The van der Waals surface area contributed by atoms with Crippen LogP contribution in [-0.2, 0) is 4.79 Å². The van der Waals surface area contributed by atoms with Crippen LogP contribution in [0.1, 0.15) is 37.3 Å². The smallest absolute Gasteiger partial charge is 0.318 e. The van der Waals surface area contributed by atoms with E-state index in [0.29, 0.717) is 12.3 Å². The second-order valence-corrected chi connectivity index (χ2v) is 7.67. The number of carbonyl (C=O) groups excluding carboxylic acids is 2. The van der Waals surface area contributed by atoms with Crippen molar-refractivity contribution in [3.05, 3.63) is 72.4 Å². The number of benzene rings is 1. The monoisotopic (exact) mass is 404 g/mol. The second kappa shape index (κ2) is 7.40. The molecule has 0 radical (unpaired) electrons. The molecule has 3 heterocycles. The fraction of sp³-hybridized carbons (Fsp3) is 0.304. The van der Waals surface area contributed by atoms with Gasteiger partial charge in [-0.2, -0.15) is 0 Å². The van der Waals surface area contributed by atoms with Gasteiger partial charge in [-0.05, 0) is 56.2 Å². The molecule has 1 aromatic carbocycles. The third-order valence-corrected chi connectivity index (χ3v) is 5.68. The number of urea groups is 1. The van der Waals surface area contributed by atoms with E-state index in [1.807, 2.05) is 61.7 Å². The van der Waals surface area contributed by atoms with Crippen LogP contribution in [0.15, 0.2) is 65.4 Å². The van der Waals surface area contributed by atoms with Gasteiger partial charge in [0.15, 0.2) is 0 Å². The molecule has 3 aromatic rings. The van der Waals surface area contributed by atoms with Gasteiger partial charge >= 0.3 is 6.03 Å². The van der Waals surface area contributed by atoms with Gasteiger partial charge in [-0.25, -0.2) is 4.79 Å². The number of amides is 3. The number of furan rings is 1. The highest BCUT2D eigenvalue weighted by atomic mass is 16.3. The first kappa shape index (κ1) is 18.5. The first-order valence-corrected chi connectivity index (χ1v) is 10.4. The van der Waals surface area contributed by atoms with Crippen molar-refractivity contribution in [2.45, 2.75) is 31.8 Å². The van der Waals surface area contributed by atoms with Crippen LogP contribution >= 0.6 is 0 Å². The van der Waals surface area contributed by atoms with Gasteiger partial charge in [0.1, 0.15) is 18.3 Å². The summed E-state index contributed by atoms with van der Waals surface area (Å²) < 4.78 is 7.84. The lowest BCUT2D eigenvalue weighted by molar-refractivity contribution is -0.119. The average Bonchev–Trinajstić information content (AvgIpc) is 3.24. The van der Waals surface area contributed by atoms with E-state index in [1.54, 1.807) is 16.1 Å². The SMILES string of the molecule is CCNC(=O)N(CC(=O)N1c2ccccc2-n2cccc2[C@H]1c1ccco1)C1CC1. The molecule has 1 fully saturated rings. The van der Waals surface area contributed by atoms with Gasteiger partial charge in [-0.3, -0.25) is 9.69 Å². The average molecular weight is 404 g/mol. The minimum Gasteiger partial charge on any atom is -0.467 e. The molecule has 154 valence electrons. The highest BCUT2D eigenvalue weighted by molar-refractivity contribution is 6.00. The van der Waals surface area contributed by atoms with E-state index in [9.17, 15) is 9.59 Å². The van der Waals surface area contributed by atoms with Gasteiger partial charge in [0, 0.05) is 18.8 Å². The van der Waals surface area contributed by atoms with Gasteiger partial charge in [0.25, 0.3) is 0 Å². The van der Waals surface area contributed by atoms with Crippen LogP contribution in [0.25, 0.3) is 5.69 Å². The molecule has 1 N–H and O–H groups in total. The normalized spacial score (nSPS) is 17.2. The summed E-state index contributed by atoms with van der Waals surface area (Å²) in [5.41, 5.74) is 2.69. The Balaban J connectivity index is 1.56. The van der Waals surface area contributed by atoms with Gasteiger partial charge in [0.2, 0.25) is 5.91 Å². The molecule has 7 heteroatoms. The molecule has 5 rings (SSSR count). The number of para-hydroxylation sites is 2. The third kappa shape index (κ3) is 3.07. The third-order valence-electron chi connectivity index (χ3n) is 5.68. The Hall–Kier alpha value is -3.48. The maximum absolute atomic E-state index is 13.7. The van der Waals surface area contributed by atoms with E-state index in [1.165, 1.54) is 0 Å².